The van der Waals surface area contributed by atoms with E-state index in [1.807, 2.05) is 0 Å². The van der Waals surface area contributed by atoms with Crippen molar-refractivity contribution in [3.05, 3.63) is 65.2 Å². The van der Waals surface area contributed by atoms with Gasteiger partial charge in [0.25, 0.3) is 0 Å². The van der Waals surface area contributed by atoms with E-state index in [2.05, 4.69) is 67.3 Å². The van der Waals surface area contributed by atoms with Crippen molar-refractivity contribution in [2.75, 3.05) is 13.2 Å². The summed E-state index contributed by atoms with van der Waals surface area (Å²) in [4.78, 5) is 2.51. The van der Waals surface area contributed by atoms with E-state index in [9.17, 15) is 0 Å². The number of hydrogen-bond donors (Lipinski definition) is 1. The predicted octanol–water partition coefficient (Wildman–Crippen LogP) is 5.28. The Balaban J connectivity index is 1.61. The largest absolute Gasteiger partial charge is 0.493 e. The zero-order chi connectivity index (χ0) is 19.6. The molecule has 0 aromatic heterocycles. The van der Waals surface area contributed by atoms with Gasteiger partial charge >= 0.3 is 0 Å². The van der Waals surface area contributed by atoms with Crippen molar-refractivity contribution in [1.82, 2.24) is 4.90 Å². The van der Waals surface area contributed by atoms with Crippen LogP contribution in [0, 0.1) is 11.8 Å². The first kappa shape index (κ1) is 19.5. The van der Waals surface area contributed by atoms with Gasteiger partial charge in [-0.3, -0.25) is 4.90 Å². The van der Waals surface area contributed by atoms with Crippen LogP contribution in [-0.2, 0) is 12.2 Å². The molecule has 0 radical (unpaired) electrons. The fraction of sp³-hybridized carbons (Fsp3) is 0.520. The number of hydrogen-bond acceptors (Lipinski definition) is 3. The van der Waals surface area contributed by atoms with Crippen molar-refractivity contribution in [1.29, 1.82) is 0 Å². The molecule has 1 saturated carbocycles. The van der Waals surface area contributed by atoms with Crippen LogP contribution in [0.15, 0.2) is 48.5 Å². The van der Waals surface area contributed by atoms with Crippen LogP contribution in [0.5, 0.6) is 5.75 Å². The lowest BCUT2D eigenvalue weighted by molar-refractivity contribution is 0.107. The average Bonchev–Trinajstić information content (AvgIpc) is 3.00. The molecule has 0 saturated heterocycles. The van der Waals surface area contributed by atoms with Gasteiger partial charge in [-0.2, -0.15) is 0 Å². The van der Waals surface area contributed by atoms with Gasteiger partial charge in [-0.05, 0) is 53.5 Å². The Morgan fingerprint density at radius 1 is 1.04 bits per heavy atom. The van der Waals surface area contributed by atoms with Gasteiger partial charge in [-0.1, -0.05) is 69.5 Å². The third kappa shape index (κ3) is 3.83. The highest BCUT2D eigenvalue weighted by atomic mass is 16.5. The maximum Gasteiger partial charge on any atom is 0.122 e. The van der Waals surface area contributed by atoms with E-state index in [4.69, 9.17) is 10.5 Å². The quantitative estimate of drug-likeness (QED) is 0.743. The average molecular weight is 379 g/mol. The van der Waals surface area contributed by atoms with Crippen molar-refractivity contribution in [3.8, 4) is 5.75 Å². The van der Waals surface area contributed by atoms with Gasteiger partial charge in [0, 0.05) is 13.1 Å². The molecule has 2 aliphatic rings. The Hall–Kier alpha value is -1.84. The summed E-state index contributed by atoms with van der Waals surface area (Å²) in [6.07, 6.45) is 6.80. The highest BCUT2D eigenvalue weighted by Gasteiger charge is 2.43. The number of ether oxygens (including phenoxy) is 1. The van der Waals surface area contributed by atoms with Gasteiger partial charge in [0.1, 0.15) is 11.4 Å². The summed E-state index contributed by atoms with van der Waals surface area (Å²) in [6.45, 7) is 7.10. The Kier molecular flexibility index (Phi) is 5.75. The molecule has 1 aliphatic carbocycles. The second-order valence-corrected chi connectivity index (χ2v) is 9.04. The third-order valence-corrected chi connectivity index (χ3v) is 6.37. The van der Waals surface area contributed by atoms with E-state index in [1.54, 1.807) is 0 Å². The molecule has 1 unspecified atom stereocenters. The van der Waals surface area contributed by atoms with Gasteiger partial charge in [0.15, 0.2) is 0 Å². The van der Waals surface area contributed by atoms with Gasteiger partial charge in [0.05, 0.1) is 6.61 Å². The molecule has 4 rings (SSSR count). The van der Waals surface area contributed by atoms with Crippen LogP contribution >= 0.6 is 0 Å². The summed E-state index contributed by atoms with van der Waals surface area (Å²) in [6, 6.07) is 17.2. The van der Waals surface area contributed by atoms with E-state index in [0.717, 1.165) is 36.9 Å². The van der Waals surface area contributed by atoms with Crippen molar-refractivity contribution in [2.24, 2.45) is 17.6 Å². The van der Waals surface area contributed by atoms with E-state index < -0.39 is 5.66 Å². The number of nitrogens with two attached hydrogens (primary N) is 1. The van der Waals surface area contributed by atoms with Gasteiger partial charge in [0.2, 0.25) is 0 Å². The predicted molar refractivity (Wildman–Crippen MR) is 115 cm³/mol. The molecule has 0 bridgehead atoms. The van der Waals surface area contributed by atoms with Crippen LogP contribution in [-0.4, -0.2) is 18.1 Å². The lowest BCUT2D eigenvalue weighted by atomic mass is 9.87. The van der Waals surface area contributed by atoms with Crippen LogP contribution in [0.1, 0.15) is 62.6 Å². The molecule has 0 amide bonds. The molecule has 0 spiro atoms. The number of nitrogens with zero attached hydrogens (tertiary/aromatic N) is 1. The Morgan fingerprint density at radius 2 is 1.75 bits per heavy atom. The summed E-state index contributed by atoms with van der Waals surface area (Å²) < 4.78 is 5.88. The molecule has 2 aromatic rings. The van der Waals surface area contributed by atoms with Crippen molar-refractivity contribution in [2.45, 2.75) is 58.2 Å². The fourth-order valence-corrected chi connectivity index (χ4v) is 4.83. The lowest BCUT2D eigenvalue weighted by Gasteiger charge is -2.39. The van der Waals surface area contributed by atoms with E-state index >= 15 is 0 Å². The molecule has 2 aromatic carbocycles. The molecule has 3 nitrogen and oxygen atoms in total. The Labute approximate surface area is 169 Å². The lowest BCUT2D eigenvalue weighted by Crippen LogP contribution is -2.51. The molecule has 1 atom stereocenters. The second kappa shape index (κ2) is 8.26. The molecule has 2 N–H and O–H groups in total. The number of benzene rings is 2. The highest BCUT2D eigenvalue weighted by Crippen LogP contribution is 2.42. The second-order valence-electron chi connectivity index (χ2n) is 9.04. The summed E-state index contributed by atoms with van der Waals surface area (Å²) in [7, 11) is 0. The van der Waals surface area contributed by atoms with Gasteiger partial charge in [-0.15, -0.1) is 0 Å². The summed E-state index contributed by atoms with van der Waals surface area (Å²) in [5, 5.41) is 0. The van der Waals surface area contributed by atoms with E-state index in [-0.39, 0.29) is 0 Å². The normalized spacial score (nSPS) is 23.1. The van der Waals surface area contributed by atoms with Crippen LogP contribution in [0.2, 0.25) is 0 Å². The van der Waals surface area contributed by atoms with Crippen LogP contribution in [0.3, 0.4) is 0 Å². The topological polar surface area (TPSA) is 38.5 Å². The smallest absolute Gasteiger partial charge is 0.122 e. The summed E-state index contributed by atoms with van der Waals surface area (Å²) in [5.41, 5.74) is 10.4. The maximum absolute atomic E-state index is 7.21. The van der Waals surface area contributed by atoms with Gasteiger partial charge in [-0.25, -0.2) is 0 Å². The molecular formula is C25H34N2O. The zero-order valence-electron chi connectivity index (χ0n) is 17.4. The fourth-order valence-electron chi connectivity index (χ4n) is 4.83. The number of fused-ring (bicyclic) bond motifs is 1. The molecule has 28 heavy (non-hydrogen) atoms. The van der Waals surface area contributed by atoms with Crippen molar-refractivity contribution in [3.63, 3.8) is 0 Å². The minimum atomic E-state index is -0.551. The number of rotatable bonds is 6. The van der Waals surface area contributed by atoms with E-state index in [1.165, 1.54) is 43.2 Å². The minimum Gasteiger partial charge on any atom is -0.493 e. The molecule has 1 heterocycles. The summed E-state index contributed by atoms with van der Waals surface area (Å²) >= 11 is 0. The standard InChI is InChI=1S/C25H34N2O/c1-19(2)18-28-23-14-12-22(13-15-23)25(26)24-11-7-6-10-21(24)17-27(25)16-20-8-4-3-5-9-20/h6-7,10-15,19-20H,3-5,8-9,16-18,26H2,1-2H3. The maximum atomic E-state index is 7.21. The van der Waals surface area contributed by atoms with Crippen molar-refractivity contribution >= 4 is 0 Å². The van der Waals surface area contributed by atoms with Crippen LogP contribution < -0.4 is 10.5 Å². The summed E-state index contributed by atoms with van der Waals surface area (Å²) in [5.74, 6) is 2.21. The molecule has 150 valence electrons. The van der Waals surface area contributed by atoms with Gasteiger partial charge < -0.3 is 10.5 Å². The SMILES string of the molecule is CC(C)COc1ccc(C2(N)c3ccccc3CN2CC2CCCCC2)cc1. The Morgan fingerprint density at radius 3 is 2.46 bits per heavy atom. The first-order valence-electron chi connectivity index (χ1n) is 10.9. The highest BCUT2D eigenvalue weighted by molar-refractivity contribution is 5.46. The molecule has 3 heteroatoms. The minimum absolute atomic E-state index is 0.522. The molecule has 1 aliphatic heterocycles. The Bertz CT molecular complexity index is 779. The molecular weight excluding hydrogens is 344 g/mol. The van der Waals surface area contributed by atoms with E-state index in [0.29, 0.717) is 5.92 Å². The zero-order valence-corrected chi connectivity index (χ0v) is 17.4. The van der Waals surface area contributed by atoms with Crippen molar-refractivity contribution < 1.29 is 4.74 Å². The first-order chi connectivity index (χ1) is 13.6. The van der Waals surface area contributed by atoms with Crippen LogP contribution in [0.25, 0.3) is 0 Å². The third-order valence-electron chi connectivity index (χ3n) is 6.37. The first-order valence-corrected chi connectivity index (χ1v) is 10.9. The molecule has 1 fully saturated rings. The van der Waals surface area contributed by atoms with Crippen LogP contribution in [0.4, 0.5) is 0 Å². The monoisotopic (exact) mass is 378 g/mol.